The summed E-state index contributed by atoms with van der Waals surface area (Å²) < 4.78 is 8.21. The summed E-state index contributed by atoms with van der Waals surface area (Å²) in [4.78, 5) is 12.6. The summed E-state index contributed by atoms with van der Waals surface area (Å²) in [6.45, 7) is 10.8. The first-order valence-electron chi connectivity index (χ1n) is 8.26. The molecule has 2 rings (SSSR count). The summed E-state index contributed by atoms with van der Waals surface area (Å²) in [5, 5.41) is 12.2. The minimum Gasteiger partial charge on any atom is -0.383 e. The van der Waals surface area contributed by atoms with Gasteiger partial charge in [-0.2, -0.15) is 0 Å². The van der Waals surface area contributed by atoms with Crippen LogP contribution in [-0.4, -0.2) is 46.1 Å². The second-order valence-electron chi connectivity index (χ2n) is 6.34. The predicted molar refractivity (Wildman–Crippen MR) is 104 cm³/mol. The molecule has 2 aromatic rings. The molecule has 0 bridgehead atoms. The molecule has 0 amide bonds. The highest BCUT2D eigenvalue weighted by Crippen LogP contribution is 2.28. The van der Waals surface area contributed by atoms with Crippen LogP contribution in [0.5, 0.6) is 0 Å². The third-order valence-electron chi connectivity index (χ3n) is 3.78. The predicted octanol–water partition coefficient (Wildman–Crippen LogP) is 3.96. The molecular weight excluding hydrogens is 356 g/mol. The Morgan fingerprint density at radius 2 is 2.08 bits per heavy atom. The average molecular weight is 383 g/mol. The van der Waals surface area contributed by atoms with E-state index in [-0.39, 0.29) is 11.8 Å². The van der Waals surface area contributed by atoms with Gasteiger partial charge in [0.2, 0.25) is 5.13 Å². The molecule has 2 heterocycles. The van der Waals surface area contributed by atoms with E-state index in [2.05, 4.69) is 40.9 Å². The Morgan fingerprint density at radius 3 is 2.72 bits per heavy atom. The zero-order chi connectivity index (χ0) is 18.6. The van der Waals surface area contributed by atoms with E-state index in [0.29, 0.717) is 18.4 Å². The number of Topliss-reactive ketones (excluding diaryl/α,β-unsaturated/α-hetero) is 1. The van der Waals surface area contributed by atoms with Gasteiger partial charge in [0.25, 0.3) is 0 Å². The monoisotopic (exact) mass is 382 g/mol. The molecule has 138 valence electrons. The lowest BCUT2D eigenvalue weighted by Crippen LogP contribution is -2.14. The van der Waals surface area contributed by atoms with Crippen LogP contribution in [0.15, 0.2) is 10.4 Å². The third-order valence-corrected chi connectivity index (χ3v) is 5.77. The smallest absolute Gasteiger partial charge is 0.206 e. The number of carbonyl (C=O) groups excluding carboxylic acids is 1. The highest BCUT2D eigenvalue weighted by Gasteiger charge is 2.19. The largest absolute Gasteiger partial charge is 0.383 e. The number of anilines is 1. The van der Waals surface area contributed by atoms with Gasteiger partial charge in [0, 0.05) is 30.1 Å². The fourth-order valence-corrected chi connectivity index (χ4v) is 4.61. The molecule has 0 radical (unpaired) electrons. The molecule has 0 aliphatic carbocycles. The number of ketones is 1. The zero-order valence-electron chi connectivity index (χ0n) is 15.6. The van der Waals surface area contributed by atoms with Gasteiger partial charge < -0.3 is 14.6 Å². The number of aromatic nitrogens is 3. The van der Waals surface area contributed by atoms with Crippen LogP contribution < -0.4 is 5.32 Å². The Morgan fingerprint density at radius 1 is 1.36 bits per heavy atom. The molecule has 0 saturated carbocycles. The van der Waals surface area contributed by atoms with Crippen LogP contribution in [0, 0.1) is 13.8 Å². The lowest BCUT2D eigenvalue weighted by molar-refractivity contribution is 0.102. The second-order valence-corrected chi connectivity index (χ2v) is 8.54. The molecule has 0 fully saturated rings. The van der Waals surface area contributed by atoms with Crippen molar-refractivity contribution in [2.45, 2.75) is 51.0 Å². The molecule has 8 heteroatoms. The topological polar surface area (TPSA) is 69.0 Å². The second kappa shape index (κ2) is 8.82. The maximum atomic E-state index is 12.6. The van der Waals surface area contributed by atoms with Crippen molar-refractivity contribution in [3.63, 3.8) is 0 Å². The quantitative estimate of drug-likeness (QED) is 0.523. The zero-order valence-corrected chi connectivity index (χ0v) is 17.3. The number of thioether (sulfide) groups is 1. The van der Waals surface area contributed by atoms with E-state index >= 15 is 0 Å². The third kappa shape index (κ3) is 5.05. The lowest BCUT2D eigenvalue weighted by atomic mass is 10.2. The van der Waals surface area contributed by atoms with Crippen molar-refractivity contribution in [3.05, 3.63) is 23.0 Å². The first kappa shape index (κ1) is 19.9. The van der Waals surface area contributed by atoms with Gasteiger partial charge in [-0.25, -0.2) is 0 Å². The summed E-state index contributed by atoms with van der Waals surface area (Å²) >= 11 is 2.91. The standard InChI is InChI=1S/C17H26N4O2S2/c1-10(2)18-16-19-20-17(25-16)24-9-15(22)14-7-11(3)21(13(14)5)12(4)8-23-6/h7,10,12H,8-9H2,1-6H3,(H,18,19)/t12-/m1/s1. The molecule has 25 heavy (non-hydrogen) atoms. The Bertz CT molecular complexity index is 724. The van der Waals surface area contributed by atoms with E-state index in [1.54, 1.807) is 7.11 Å². The Hall–Kier alpha value is -1.38. The summed E-state index contributed by atoms with van der Waals surface area (Å²) in [7, 11) is 1.69. The highest BCUT2D eigenvalue weighted by molar-refractivity contribution is 8.01. The minimum atomic E-state index is 0.113. The van der Waals surface area contributed by atoms with Crippen molar-refractivity contribution in [3.8, 4) is 0 Å². The Balaban J connectivity index is 2.04. The minimum absolute atomic E-state index is 0.113. The van der Waals surface area contributed by atoms with Gasteiger partial charge in [0.05, 0.1) is 18.4 Å². The summed E-state index contributed by atoms with van der Waals surface area (Å²) in [5.74, 6) is 0.474. The summed E-state index contributed by atoms with van der Waals surface area (Å²) in [6, 6.07) is 2.48. The fraction of sp³-hybridized carbons (Fsp3) is 0.588. The van der Waals surface area contributed by atoms with Crippen molar-refractivity contribution >= 4 is 34.0 Å². The molecule has 2 aromatic heterocycles. The molecule has 6 nitrogen and oxygen atoms in total. The molecule has 0 aliphatic heterocycles. The van der Waals surface area contributed by atoms with E-state index < -0.39 is 0 Å². The molecule has 0 aliphatic rings. The molecule has 0 saturated heterocycles. The van der Waals surface area contributed by atoms with Crippen LogP contribution in [0.4, 0.5) is 5.13 Å². The van der Waals surface area contributed by atoms with Gasteiger partial charge in [0.1, 0.15) is 0 Å². The van der Waals surface area contributed by atoms with E-state index in [1.807, 2.05) is 19.9 Å². The molecular formula is C17H26N4O2S2. The van der Waals surface area contributed by atoms with Crippen LogP contribution in [0.1, 0.15) is 48.6 Å². The first-order valence-corrected chi connectivity index (χ1v) is 10.1. The van der Waals surface area contributed by atoms with Crippen LogP contribution in [0.25, 0.3) is 0 Å². The van der Waals surface area contributed by atoms with Crippen molar-refractivity contribution in [1.29, 1.82) is 0 Å². The molecule has 1 atom stereocenters. The first-order chi connectivity index (χ1) is 11.8. The van der Waals surface area contributed by atoms with E-state index in [9.17, 15) is 4.79 Å². The van der Waals surface area contributed by atoms with E-state index in [1.165, 1.54) is 23.1 Å². The summed E-state index contributed by atoms with van der Waals surface area (Å²) in [6.07, 6.45) is 0. The number of carbonyl (C=O) groups is 1. The number of hydrogen-bond acceptors (Lipinski definition) is 7. The maximum absolute atomic E-state index is 12.6. The number of rotatable bonds is 9. The highest BCUT2D eigenvalue weighted by atomic mass is 32.2. The van der Waals surface area contributed by atoms with Gasteiger partial charge in [-0.15, -0.1) is 10.2 Å². The van der Waals surface area contributed by atoms with E-state index in [4.69, 9.17) is 4.74 Å². The van der Waals surface area contributed by atoms with Gasteiger partial charge in [0.15, 0.2) is 10.1 Å². The molecule has 0 spiro atoms. The van der Waals surface area contributed by atoms with Crippen LogP contribution in [0.2, 0.25) is 0 Å². The van der Waals surface area contributed by atoms with E-state index in [0.717, 1.165) is 26.4 Å². The van der Waals surface area contributed by atoms with Crippen molar-refractivity contribution in [2.75, 3.05) is 24.8 Å². The number of hydrogen-bond donors (Lipinski definition) is 1. The van der Waals surface area contributed by atoms with Crippen LogP contribution >= 0.6 is 23.1 Å². The number of nitrogens with one attached hydrogen (secondary N) is 1. The Labute approximate surface area is 157 Å². The maximum Gasteiger partial charge on any atom is 0.206 e. The fourth-order valence-electron chi connectivity index (χ4n) is 2.83. The Kier molecular flexibility index (Phi) is 7.04. The number of nitrogens with zero attached hydrogens (tertiary/aromatic N) is 3. The molecule has 1 N–H and O–H groups in total. The van der Waals surface area contributed by atoms with Crippen molar-refractivity contribution in [1.82, 2.24) is 14.8 Å². The summed E-state index contributed by atoms with van der Waals surface area (Å²) in [5.41, 5.74) is 2.85. The van der Waals surface area contributed by atoms with Gasteiger partial charge in [-0.1, -0.05) is 23.1 Å². The van der Waals surface area contributed by atoms with Gasteiger partial charge >= 0.3 is 0 Å². The van der Waals surface area contributed by atoms with Crippen LogP contribution in [0.3, 0.4) is 0 Å². The van der Waals surface area contributed by atoms with Gasteiger partial charge in [-0.3, -0.25) is 4.79 Å². The normalized spacial score (nSPS) is 12.6. The number of ether oxygens (including phenoxy) is 1. The number of aryl methyl sites for hydroxylation is 1. The molecule has 0 unspecified atom stereocenters. The van der Waals surface area contributed by atoms with Crippen molar-refractivity contribution in [2.24, 2.45) is 0 Å². The van der Waals surface area contributed by atoms with Gasteiger partial charge in [-0.05, 0) is 40.7 Å². The average Bonchev–Trinajstić information content (AvgIpc) is 3.08. The van der Waals surface area contributed by atoms with Crippen molar-refractivity contribution < 1.29 is 9.53 Å². The van der Waals surface area contributed by atoms with Crippen LogP contribution in [-0.2, 0) is 4.74 Å². The molecule has 0 aromatic carbocycles. The number of methoxy groups -OCH3 is 1. The SMILES string of the molecule is COC[C@@H](C)n1c(C)cc(C(=O)CSc2nnc(NC(C)C)s2)c1C. The lowest BCUT2D eigenvalue weighted by Gasteiger charge is -2.17.